The van der Waals surface area contributed by atoms with Crippen molar-refractivity contribution in [3.8, 4) is 0 Å². The van der Waals surface area contributed by atoms with Crippen LogP contribution in [0.3, 0.4) is 0 Å². The highest BCUT2D eigenvalue weighted by Gasteiger charge is 2.60. The molecular formula is C29H36N4O2. The summed E-state index contributed by atoms with van der Waals surface area (Å²) in [6.45, 7) is 4.86. The van der Waals surface area contributed by atoms with Crippen LogP contribution in [-0.2, 0) is 9.59 Å². The number of fused-ring (bicyclic) bond motifs is 6. The van der Waals surface area contributed by atoms with Gasteiger partial charge >= 0.3 is 0 Å². The van der Waals surface area contributed by atoms with Gasteiger partial charge in [-0.25, -0.2) is 0 Å². The van der Waals surface area contributed by atoms with E-state index in [-0.39, 0.29) is 22.6 Å². The molecule has 3 saturated carbocycles. The molecule has 35 heavy (non-hydrogen) atoms. The minimum atomic E-state index is 0.0708. The number of aromatic nitrogens is 2. The zero-order chi connectivity index (χ0) is 24.4. The van der Waals surface area contributed by atoms with Gasteiger partial charge in [-0.3, -0.25) is 19.6 Å². The average Bonchev–Trinajstić information content (AvgIpc) is 3.17. The number of carbonyl (C=O) groups excluding carboxylic acids is 2. The predicted octanol–water partition coefficient (Wildman–Crippen LogP) is 5.21. The van der Waals surface area contributed by atoms with Gasteiger partial charge in [0.05, 0.1) is 11.0 Å². The molecule has 1 aromatic carbocycles. The van der Waals surface area contributed by atoms with Crippen LogP contribution in [0, 0.1) is 34.5 Å². The van der Waals surface area contributed by atoms with E-state index in [1.165, 1.54) is 25.7 Å². The van der Waals surface area contributed by atoms with Crippen LogP contribution in [0.5, 0.6) is 0 Å². The first-order valence-electron chi connectivity index (χ1n) is 13.3. The van der Waals surface area contributed by atoms with Crippen LogP contribution in [0.2, 0.25) is 0 Å². The van der Waals surface area contributed by atoms with Gasteiger partial charge in [0, 0.05) is 43.0 Å². The lowest BCUT2D eigenvalue weighted by molar-refractivity contribution is -0.139. The monoisotopic (exact) mass is 472 g/mol. The van der Waals surface area contributed by atoms with Crippen LogP contribution in [0.15, 0.2) is 42.7 Å². The number of nitrogens with one attached hydrogen (secondary N) is 1. The van der Waals surface area contributed by atoms with Gasteiger partial charge in [0.25, 0.3) is 0 Å². The number of anilines is 1. The van der Waals surface area contributed by atoms with Gasteiger partial charge in [0.1, 0.15) is 0 Å². The maximum Gasteiger partial charge on any atom is 0.246 e. The molecule has 4 unspecified atom stereocenters. The van der Waals surface area contributed by atoms with Crippen molar-refractivity contribution in [1.29, 1.82) is 0 Å². The molecule has 2 amide bonds. The number of benzene rings is 1. The van der Waals surface area contributed by atoms with Gasteiger partial charge in [0.15, 0.2) is 0 Å². The zero-order valence-corrected chi connectivity index (χ0v) is 21.0. The SMILES string of the molecule is CN1C(=O)C=C[C@]2(C)C3CC[C@@]4(C)C(CC[C@@H]4CC(=O)Nc4ccc5nccnc5c4)C3CCC12. The molecule has 0 spiro atoms. The summed E-state index contributed by atoms with van der Waals surface area (Å²) in [7, 11) is 1.98. The molecule has 2 heterocycles. The lowest BCUT2D eigenvalue weighted by Gasteiger charge is -2.60. The molecule has 4 aliphatic rings. The summed E-state index contributed by atoms with van der Waals surface area (Å²) in [5.41, 5.74) is 2.71. The molecule has 1 aliphatic heterocycles. The average molecular weight is 473 g/mol. The Kier molecular flexibility index (Phi) is 5.28. The highest BCUT2D eigenvalue weighted by Crippen LogP contribution is 2.65. The Labute approximate surface area is 207 Å². The van der Waals surface area contributed by atoms with E-state index in [4.69, 9.17) is 0 Å². The van der Waals surface area contributed by atoms with E-state index in [2.05, 4.69) is 35.2 Å². The minimum absolute atomic E-state index is 0.0708. The standard InChI is InChI=1S/C29H36N4O2/c1-28-12-10-22-20(6-9-25-29(22,2)13-11-27(35)33(25)3)21(28)7-4-18(28)16-26(34)32-19-5-8-23-24(17-19)31-15-14-30-23/h5,8,11,13-15,17-18,20-22,25H,4,6-7,9-10,12,16H2,1-3H3,(H,32,34)/t18-,20?,21?,22?,25?,28-,29-/m1/s1. The summed E-state index contributed by atoms with van der Waals surface area (Å²) >= 11 is 0. The largest absolute Gasteiger partial charge is 0.338 e. The summed E-state index contributed by atoms with van der Waals surface area (Å²) in [6, 6.07) is 6.05. The smallest absolute Gasteiger partial charge is 0.246 e. The fourth-order valence-corrected chi connectivity index (χ4v) is 8.66. The van der Waals surface area contributed by atoms with E-state index in [0.717, 1.165) is 29.6 Å². The molecule has 6 nitrogen and oxygen atoms in total. The van der Waals surface area contributed by atoms with Crippen molar-refractivity contribution in [1.82, 2.24) is 14.9 Å². The molecule has 6 heteroatoms. The lowest BCUT2D eigenvalue weighted by atomic mass is 9.47. The Hall–Kier alpha value is -2.76. The fraction of sp³-hybridized carbons (Fsp3) is 0.586. The minimum Gasteiger partial charge on any atom is -0.338 e. The number of amides is 2. The lowest BCUT2D eigenvalue weighted by Crippen LogP contribution is -2.59. The van der Waals surface area contributed by atoms with E-state index >= 15 is 0 Å². The van der Waals surface area contributed by atoms with Crippen LogP contribution in [0.4, 0.5) is 5.69 Å². The van der Waals surface area contributed by atoms with Crippen molar-refractivity contribution < 1.29 is 9.59 Å². The number of hydrogen-bond acceptors (Lipinski definition) is 4. The van der Waals surface area contributed by atoms with Crippen molar-refractivity contribution in [2.75, 3.05) is 12.4 Å². The fourth-order valence-electron chi connectivity index (χ4n) is 8.66. The van der Waals surface area contributed by atoms with Crippen molar-refractivity contribution in [3.05, 3.63) is 42.7 Å². The number of likely N-dealkylation sites (N-methyl/N-ethyl adjacent to an activating group) is 1. The first-order chi connectivity index (χ1) is 16.8. The van der Waals surface area contributed by atoms with Crippen molar-refractivity contribution >= 4 is 28.5 Å². The van der Waals surface area contributed by atoms with Gasteiger partial charge in [-0.1, -0.05) is 19.9 Å². The second-order valence-electron chi connectivity index (χ2n) is 11.9. The molecule has 7 atom stereocenters. The molecule has 6 rings (SSSR count). The van der Waals surface area contributed by atoms with E-state index < -0.39 is 0 Å². The first kappa shape index (κ1) is 22.7. The normalized spacial score (nSPS) is 38.1. The van der Waals surface area contributed by atoms with Crippen LogP contribution in [-0.4, -0.2) is 39.8 Å². The van der Waals surface area contributed by atoms with Gasteiger partial charge in [-0.2, -0.15) is 0 Å². The number of rotatable bonds is 3. The molecule has 184 valence electrons. The first-order valence-corrected chi connectivity index (χ1v) is 13.3. The molecule has 3 aliphatic carbocycles. The maximum atomic E-state index is 13.1. The molecule has 3 fully saturated rings. The van der Waals surface area contributed by atoms with Gasteiger partial charge < -0.3 is 10.2 Å². The topological polar surface area (TPSA) is 75.2 Å². The molecule has 1 N–H and O–H groups in total. The summed E-state index contributed by atoms with van der Waals surface area (Å²) < 4.78 is 0. The third-order valence-electron chi connectivity index (χ3n) is 10.5. The number of nitrogens with zero attached hydrogens (tertiary/aromatic N) is 3. The number of hydrogen-bond donors (Lipinski definition) is 1. The summed E-state index contributed by atoms with van der Waals surface area (Å²) in [4.78, 5) is 36.1. The quantitative estimate of drug-likeness (QED) is 0.665. The van der Waals surface area contributed by atoms with E-state index in [0.29, 0.717) is 36.1 Å². The molecule has 0 radical (unpaired) electrons. The molecular weight excluding hydrogens is 436 g/mol. The second-order valence-corrected chi connectivity index (χ2v) is 11.9. The Morgan fingerprint density at radius 2 is 1.86 bits per heavy atom. The third-order valence-corrected chi connectivity index (χ3v) is 10.5. The highest BCUT2D eigenvalue weighted by molar-refractivity contribution is 5.93. The van der Waals surface area contributed by atoms with Crippen LogP contribution >= 0.6 is 0 Å². The Bertz CT molecular complexity index is 1210. The summed E-state index contributed by atoms with van der Waals surface area (Å²) in [5, 5.41) is 3.13. The van der Waals surface area contributed by atoms with Gasteiger partial charge in [0.2, 0.25) is 11.8 Å². The second kappa shape index (κ2) is 8.14. The van der Waals surface area contributed by atoms with E-state index in [1.807, 2.05) is 36.2 Å². The van der Waals surface area contributed by atoms with Crippen molar-refractivity contribution in [2.45, 2.75) is 64.8 Å². The van der Waals surface area contributed by atoms with Crippen molar-refractivity contribution in [2.24, 2.45) is 34.5 Å². The van der Waals surface area contributed by atoms with Crippen molar-refractivity contribution in [3.63, 3.8) is 0 Å². The van der Waals surface area contributed by atoms with E-state index in [1.54, 1.807) is 12.4 Å². The van der Waals surface area contributed by atoms with Crippen LogP contribution in [0.1, 0.15) is 58.8 Å². The molecule has 0 bridgehead atoms. The van der Waals surface area contributed by atoms with E-state index in [9.17, 15) is 9.59 Å². The number of carbonyl (C=O) groups is 2. The Morgan fingerprint density at radius 1 is 1.06 bits per heavy atom. The van der Waals surface area contributed by atoms with Crippen LogP contribution < -0.4 is 5.32 Å². The van der Waals surface area contributed by atoms with Gasteiger partial charge in [-0.15, -0.1) is 0 Å². The molecule has 1 aromatic heterocycles. The third kappa shape index (κ3) is 3.51. The van der Waals surface area contributed by atoms with Crippen LogP contribution in [0.25, 0.3) is 11.0 Å². The summed E-state index contributed by atoms with van der Waals surface area (Å²) in [5.74, 6) is 2.66. The summed E-state index contributed by atoms with van der Waals surface area (Å²) in [6.07, 6.45) is 15.0. The Balaban J connectivity index is 1.17. The highest BCUT2D eigenvalue weighted by atomic mass is 16.2. The predicted molar refractivity (Wildman–Crippen MR) is 136 cm³/mol. The molecule has 0 saturated heterocycles. The van der Waals surface area contributed by atoms with Gasteiger partial charge in [-0.05, 0) is 91.9 Å². The zero-order valence-electron chi connectivity index (χ0n) is 21.0. The Morgan fingerprint density at radius 3 is 2.69 bits per heavy atom. The maximum absolute atomic E-state index is 13.1. The molecule has 2 aromatic rings.